The van der Waals surface area contributed by atoms with Gasteiger partial charge in [0.2, 0.25) is 5.82 Å². The zero-order valence-corrected chi connectivity index (χ0v) is 17.5. The van der Waals surface area contributed by atoms with Crippen molar-refractivity contribution < 1.29 is 14.1 Å². The van der Waals surface area contributed by atoms with Gasteiger partial charge >= 0.3 is 11.8 Å². The number of benzene rings is 1. The SMILES string of the molecule is CSc1ncc2c(n1)N1CCC[C@H]1CN(c1cccc(-c3noc(C(N)=O)n3)c1)C2=O. The lowest BCUT2D eigenvalue weighted by Gasteiger charge is -2.27. The third kappa shape index (κ3) is 3.40. The first-order valence-electron chi connectivity index (χ1n) is 9.78. The van der Waals surface area contributed by atoms with Gasteiger partial charge in [-0.25, -0.2) is 9.97 Å². The molecule has 0 saturated carbocycles. The molecule has 0 aliphatic carbocycles. The number of aromatic nitrogens is 4. The molecule has 0 spiro atoms. The molecular weight excluding hydrogens is 418 g/mol. The maximum absolute atomic E-state index is 13.5. The van der Waals surface area contributed by atoms with Gasteiger partial charge in [-0.3, -0.25) is 9.59 Å². The van der Waals surface area contributed by atoms with Crippen LogP contribution in [0.1, 0.15) is 33.9 Å². The van der Waals surface area contributed by atoms with Gasteiger partial charge in [0, 0.05) is 36.6 Å². The van der Waals surface area contributed by atoms with Crippen molar-refractivity contribution in [2.75, 3.05) is 29.1 Å². The Balaban J connectivity index is 1.55. The third-order valence-electron chi connectivity index (χ3n) is 5.50. The Morgan fingerprint density at radius 2 is 2.19 bits per heavy atom. The Morgan fingerprint density at radius 3 is 2.97 bits per heavy atom. The molecule has 3 aromatic rings. The summed E-state index contributed by atoms with van der Waals surface area (Å²) in [6.07, 6.45) is 5.56. The van der Waals surface area contributed by atoms with E-state index in [1.807, 2.05) is 18.4 Å². The number of rotatable bonds is 4. The first-order chi connectivity index (χ1) is 15.0. The van der Waals surface area contributed by atoms with Crippen molar-refractivity contribution in [1.82, 2.24) is 20.1 Å². The highest BCUT2D eigenvalue weighted by Gasteiger charge is 2.37. The Hall–Kier alpha value is -3.47. The molecule has 4 heterocycles. The predicted octanol–water partition coefficient (Wildman–Crippen LogP) is 1.98. The second kappa shape index (κ2) is 7.65. The van der Waals surface area contributed by atoms with Crippen molar-refractivity contribution in [3.63, 3.8) is 0 Å². The predicted molar refractivity (Wildman–Crippen MR) is 114 cm³/mol. The van der Waals surface area contributed by atoms with Crippen LogP contribution >= 0.6 is 11.8 Å². The minimum Gasteiger partial charge on any atom is -0.361 e. The minimum absolute atomic E-state index is 0.153. The standard InChI is InChI=1S/C20H19N7O3S/c1-31-20-22-9-14-17(24-20)26-7-3-6-13(26)10-27(19(14)29)12-5-2-4-11(8-12)16-23-18(15(21)28)30-25-16/h2,4-5,8-9,13H,3,6-7,10H2,1H3,(H2,21,28)/t13-/m0/s1. The largest absolute Gasteiger partial charge is 0.361 e. The number of fused-ring (bicyclic) bond motifs is 3. The average molecular weight is 437 g/mol. The highest BCUT2D eigenvalue weighted by Crippen LogP contribution is 2.35. The third-order valence-corrected chi connectivity index (χ3v) is 6.06. The number of primary amides is 1. The van der Waals surface area contributed by atoms with Crippen molar-refractivity contribution in [2.24, 2.45) is 5.73 Å². The summed E-state index contributed by atoms with van der Waals surface area (Å²) in [7, 11) is 0. The van der Waals surface area contributed by atoms with Crippen LogP contribution in [0.25, 0.3) is 11.4 Å². The van der Waals surface area contributed by atoms with Gasteiger partial charge in [0.25, 0.3) is 5.91 Å². The fourth-order valence-electron chi connectivity index (χ4n) is 4.05. The van der Waals surface area contributed by atoms with Gasteiger partial charge in [-0.1, -0.05) is 29.1 Å². The highest BCUT2D eigenvalue weighted by molar-refractivity contribution is 7.98. The van der Waals surface area contributed by atoms with Crippen molar-refractivity contribution >= 4 is 35.1 Å². The van der Waals surface area contributed by atoms with Crippen molar-refractivity contribution in [3.05, 3.63) is 41.9 Å². The van der Waals surface area contributed by atoms with E-state index in [9.17, 15) is 9.59 Å². The second-order valence-corrected chi connectivity index (χ2v) is 8.11. The smallest absolute Gasteiger partial charge is 0.316 e. The van der Waals surface area contributed by atoms with Crippen LogP contribution in [0.4, 0.5) is 11.5 Å². The van der Waals surface area contributed by atoms with Gasteiger partial charge in [-0.2, -0.15) is 4.98 Å². The lowest BCUT2D eigenvalue weighted by Crippen LogP contribution is -2.39. The van der Waals surface area contributed by atoms with Gasteiger partial charge in [0.05, 0.1) is 0 Å². The van der Waals surface area contributed by atoms with Crippen LogP contribution in [0.5, 0.6) is 0 Å². The maximum Gasteiger partial charge on any atom is 0.316 e. The minimum atomic E-state index is -0.792. The van der Waals surface area contributed by atoms with Gasteiger partial charge in [0.1, 0.15) is 11.4 Å². The van der Waals surface area contributed by atoms with Gasteiger partial charge in [0.15, 0.2) is 5.16 Å². The molecule has 1 aromatic carbocycles. The van der Waals surface area contributed by atoms with Crippen molar-refractivity contribution in [3.8, 4) is 11.4 Å². The first-order valence-corrected chi connectivity index (χ1v) is 11.0. The monoisotopic (exact) mass is 437 g/mol. The van der Waals surface area contributed by atoms with Crippen LogP contribution in [0.2, 0.25) is 0 Å². The summed E-state index contributed by atoms with van der Waals surface area (Å²) in [5, 5.41) is 4.47. The summed E-state index contributed by atoms with van der Waals surface area (Å²) in [5.41, 5.74) is 7.00. The molecule has 10 nitrogen and oxygen atoms in total. The normalized spacial score (nSPS) is 18.0. The molecule has 1 saturated heterocycles. The lowest BCUT2D eigenvalue weighted by atomic mass is 10.1. The summed E-state index contributed by atoms with van der Waals surface area (Å²) in [6.45, 7) is 1.40. The van der Waals surface area contributed by atoms with E-state index in [1.54, 1.807) is 23.2 Å². The van der Waals surface area contributed by atoms with E-state index in [4.69, 9.17) is 10.3 Å². The van der Waals surface area contributed by atoms with E-state index in [2.05, 4.69) is 25.0 Å². The van der Waals surface area contributed by atoms with Gasteiger partial charge < -0.3 is 20.1 Å². The van der Waals surface area contributed by atoms with Crippen LogP contribution in [-0.2, 0) is 0 Å². The van der Waals surface area contributed by atoms with E-state index in [1.165, 1.54) is 11.8 Å². The molecule has 2 amide bonds. The molecule has 2 aliphatic heterocycles. The molecule has 0 bridgehead atoms. The Labute approximate surface area is 181 Å². The number of hydrogen-bond donors (Lipinski definition) is 1. The first kappa shape index (κ1) is 19.5. The topological polar surface area (TPSA) is 131 Å². The van der Waals surface area contributed by atoms with Crippen LogP contribution in [-0.4, -0.2) is 57.3 Å². The highest BCUT2D eigenvalue weighted by atomic mass is 32.2. The molecule has 0 radical (unpaired) electrons. The molecule has 0 unspecified atom stereocenters. The molecule has 1 atom stereocenters. The van der Waals surface area contributed by atoms with E-state index < -0.39 is 5.91 Å². The zero-order valence-electron chi connectivity index (χ0n) is 16.7. The Bertz CT molecular complexity index is 1180. The van der Waals surface area contributed by atoms with E-state index in [0.717, 1.165) is 19.4 Å². The maximum atomic E-state index is 13.5. The number of nitrogens with two attached hydrogens (primary N) is 1. The number of nitrogens with zero attached hydrogens (tertiary/aromatic N) is 6. The van der Waals surface area contributed by atoms with E-state index in [-0.39, 0.29) is 23.7 Å². The van der Waals surface area contributed by atoms with Crippen molar-refractivity contribution in [1.29, 1.82) is 0 Å². The molecule has 2 N–H and O–H groups in total. The van der Waals surface area contributed by atoms with Crippen molar-refractivity contribution in [2.45, 2.75) is 24.0 Å². The molecule has 2 aliphatic rings. The summed E-state index contributed by atoms with van der Waals surface area (Å²) in [6, 6.07) is 7.42. The van der Waals surface area contributed by atoms with E-state index >= 15 is 0 Å². The number of carbonyl (C=O) groups excluding carboxylic acids is 2. The second-order valence-electron chi connectivity index (χ2n) is 7.34. The Morgan fingerprint density at radius 1 is 1.32 bits per heavy atom. The molecule has 11 heteroatoms. The fraction of sp³-hybridized carbons (Fsp3) is 0.300. The molecule has 2 aromatic heterocycles. The molecule has 1 fully saturated rings. The Kier molecular flexibility index (Phi) is 4.81. The number of amides is 2. The van der Waals surface area contributed by atoms with Crippen LogP contribution in [0.15, 0.2) is 40.1 Å². The van der Waals surface area contributed by atoms with Crippen LogP contribution in [0.3, 0.4) is 0 Å². The molecular formula is C20H19N7O3S. The number of anilines is 2. The molecule has 158 valence electrons. The quantitative estimate of drug-likeness (QED) is 0.480. The number of thioether (sulfide) groups is 1. The van der Waals surface area contributed by atoms with Crippen LogP contribution in [0, 0.1) is 0 Å². The van der Waals surface area contributed by atoms with Crippen LogP contribution < -0.4 is 15.5 Å². The molecule has 5 rings (SSSR count). The fourth-order valence-corrected chi connectivity index (χ4v) is 4.38. The summed E-state index contributed by atoms with van der Waals surface area (Å²) < 4.78 is 4.89. The lowest BCUT2D eigenvalue weighted by molar-refractivity contribution is 0.0956. The van der Waals surface area contributed by atoms with Gasteiger partial charge in [-0.05, 0) is 31.2 Å². The molecule has 31 heavy (non-hydrogen) atoms. The number of hydrogen-bond acceptors (Lipinski definition) is 9. The van der Waals surface area contributed by atoms with E-state index in [0.29, 0.717) is 34.3 Å². The average Bonchev–Trinajstić information content (AvgIpc) is 3.45. The summed E-state index contributed by atoms with van der Waals surface area (Å²) in [5.74, 6) is -0.271. The van der Waals surface area contributed by atoms with Gasteiger partial charge in [-0.15, -0.1) is 0 Å². The number of carbonyl (C=O) groups is 2. The summed E-state index contributed by atoms with van der Waals surface area (Å²) >= 11 is 1.46. The summed E-state index contributed by atoms with van der Waals surface area (Å²) in [4.78, 5) is 41.7. The zero-order chi connectivity index (χ0) is 21.5.